The normalized spacial score (nSPS) is 16.1. The van der Waals surface area contributed by atoms with Gasteiger partial charge >= 0.3 is 0 Å². The van der Waals surface area contributed by atoms with E-state index in [1.54, 1.807) is 59.5 Å². The van der Waals surface area contributed by atoms with Gasteiger partial charge in [0, 0.05) is 56.6 Å². The quantitative estimate of drug-likeness (QED) is 0.264. The molecule has 0 atom stereocenters. The van der Waals surface area contributed by atoms with Crippen LogP contribution in [0.25, 0.3) is 6.08 Å². The number of thiocarbonyl (C=S) groups is 1. The summed E-state index contributed by atoms with van der Waals surface area (Å²) >= 11 is 6.90. The first-order chi connectivity index (χ1) is 19.5. The molecule has 0 unspecified atom stereocenters. The highest BCUT2D eigenvalue weighted by molar-refractivity contribution is 8.22. The second-order valence-corrected chi connectivity index (χ2v) is 10.9. The van der Waals surface area contributed by atoms with E-state index in [0.29, 0.717) is 60.1 Å². The Hall–Kier alpha value is -3.67. The SMILES string of the molecule is O=C(N/C(=C\c1ccc(SC(=S)N2CCOCC2)o1)C(=O)N1CCN(c2ccc(F)cc2)CC1)c1ccccc1. The van der Waals surface area contributed by atoms with E-state index in [1.807, 2.05) is 6.07 Å². The molecule has 8 nitrogen and oxygen atoms in total. The Labute approximate surface area is 241 Å². The molecule has 2 amide bonds. The van der Waals surface area contributed by atoms with Crippen molar-refractivity contribution in [2.75, 3.05) is 57.4 Å². The van der Waals surface area contributed by atoms with Crippen molar-refractivity contribution >= 4 is 51.9 Å². The van der Waals surface area contributed by atoms with Crippen molar-refractivity contribution in [1.82, 2.24) is 15.1 Å². The first-order valence-electron chi connectivity index (χ1n) is 13.0. The summed E-state index contributed by atoms with van der Waals surface area (Å²) in [6.45, 7) is 4.80. The number of carbonyl (C=O) groups excluding carboxylic acids is 2. The third-order valence-corrected chi connectivity index (χ3v) is 7.98. The monoisotopic (exact) mass is 580 g/mol. The van der Waals surface area contributed by atoms with Crippen LogP contribution in [0.3, 0.4) is 0 Å². The van der Waals surface area contributed by atoms with E-state index in [9.17, 15) is 14.0 Å². The fourth-order valence-corrected chi connectivity index (χ4v) is 5.62. The number of nitrogens with one attached hydrogen (secondary N) is 1. The number of thioether (sulfide) groups is 1. The summed E-state index contributed by atoms with van der Waals surface area (Å²) in [5, 5.41) is 3.39. The Bertz CT molecular complexity index is 1370. The van der Waals surface area contributed by atoms with Crippen LogP contribution < -0.4 is 10.2 Å². The van der Waals surface area contributed by atoms with E-state index < -0.39 is 0 Å². The van der Waals surface area contributed by atoms with Crippen LogP contribution in [0.2, 0.25) is 0 Å². The molecule has 0 radical (unpaired) electrons. The summed E-state index contributed by atoms with van der Waals surface area (Å²) < 4.78 is 25.4. The number of rotatable bonds is 6. The minimum atomic E-state index is -0.389. The Morgan fingerprint density at radius 2 is 1.57 bits per heavy atom. The third-order valence-electron chi connectivity index (χ3n) is 6.62. The van der Waals surface area contributed by atoms with Gasteiger partial charge in [-0.1, -0.05) is 30.4 Å². The molecule has 208 valence electrons. The van der Waals surface area contributed by atoms with Crippen molar-refractivity contribution in [2.24, 2.45) is 0 Å². The number of carbonyl (C=O) groups is 2. The Morgan fingerprint density at radius 1 is 0.875 bits per heavy atom. The summed E-state index contributed by atoms with van der Waals surface area (Å²) in [6.07, 6.45) is 1.55. The molecule has 0 saturated carbocycles. The molecular weight excluding hydrogens is 551 g/mol. The topological polar surface area (TPSA) is 78.3 Å². The number of anilines is 1. The van der Waals surface area contributed by atoms with E-state index >= 15 is 0 Å². The number of hydrogen-bond acceptors (Lipinski definition) is 7. The number of amides is 2. The minimum absolute atomic E-state index is 0.116. The van der Waals surface area contributed by atoms with Gasteiger partial charge in [-0.2, -0.15) is 0 Å². The Balaban J connectivity index is 1.30. The molecule has 2 aromatic carbocycles. The smallest absolute Gasteiger partial charge is 0.270 e. The van der Waals surface area contributed by atoms with Crippen LogP contribution in [0.15, 0.2) is 81.9 Å². The van der Waals surface area contributed by atoms with Crippen molar-refractivity contribution in [2.45, 2.75) is 5.09 Å². The molecule has 0 bridgehead atoms. The van der Waals surface area contributed by atoms with Crippen LogP contribution in [-0.2, 0) is 9.53 Å². The van der Waals surface area contributed by atoms with Gasteiger partial charge in [0.1, 0.15) is 21.6 Å². The van der Waals surface area contributed by atoms with Crippen LogP contribution >= 0.6 is 24.0 Å². The lowest BCUT2D eigenvalue weighted by Gasteiger charge is -2.36. The second kappa shape index (κ2) is 13.1. The highest BCUT2D eigenvalue weighted by atomic mass is 32.2. The number of nitrogens with zero attached hydrogens (tertiary/aromatic N) is 3. The maximum absolute atomic E-state index is 13.6. The average molecular weight is 581 g/mol. The number of halogens is 1. The number of benzene rings is 2. The molecule has 2 aliphatic rings. The maximum Gasteiger partial charge on any atom is 0.270 e. The predicted molar refractivity (Wildman–Crippen MR) is 157 cm³/mol. The molecule has 11 heteroatoms. The van der Waals surface area contributed by atoms with Crippen LogP contribution in [0.1, 0.15) is 16.1 Å². The lowest BCUT2D eigenvalue weighted by molar-refractivity contribution is -0.127. The van der Waals surface area contributed by atoms with E-state index in [-0.39, 0.29) is 23.3 Å². The summed E-state index contributed by atoms with van der Waals surface area (Å²) in [6, 6.07) is 18.6. The van der Waals surface area contributed by atoms with Gasteiger partial charge < -0.3 is 29.2 Å². The number of morpholine rings is 1. The minimum Gasteiger partial charge on any atom is -0.450 e. The third kappa shape index (κ3) is 7.09. The first-order valence-corrected chi connectivity index (χ1v) is 14.2. The van der Waals surface area contributed by atoms with Gasteiger partial charge in [-0.25, -0.2) is 4.39 Å². The van der Waals surface area contributed by atoms with Crippen molar-refractivity contribution in [1.29, 1.82) is 0 Å². The molecule has 40 heavy (non-hydrogen) atoms. The first kappa shape index (κ1) is 27.9. The van der Waals surface area contributed by atoms with Crippen molar-refractivity contribution in [3.8, 4) is 0 Å². The second-order valence-electron chi connectivity index (χ2n) is 9.26. The molecular formula is C29H29FN4O4S2. The number of hydrogen-bond donors (Lipinski definition) is 1. The Kier molecular flexibility index (Phi) is 9.15. The van der Waals surface area contributed by atoms with E-state index in [4.69, 9.17) is 21.4 Å². The molecule has 1 aromatic heterocycles. The molecule has 0 spiro atoms. The lowest BCUT2D eigenvalue weighted by Crippen LogP contribution is -2.50. The van der Waals surface area contributed by atoms with Crippen molar-refractivity contribution in [3.05, 3.63) is 89.6 Å². The molecule has 0 aliphatic carbocycles. The standard InChI is InChI=1S/C29H29FN4O4S2/c30-22-6-8-23(9-7-22)32-12-14-33(15-13-32)28(36)25(31-27(35)21-4-2-1-3-5-21)20-24-10-11-26(38-24)40-29(39)34-16-18-37-19-17-34/h1-11,20H,12-19H2,(H,31,35)/b25-20-. The van der Waals surface area contributed by atoms with Gasteiger partial charge in [0.2, 0.25) is 0 Å². The molecule has 3 aromatic rings. The Morgan fingerprint density at radius 3 is 2.27 bits per heavy atom. The van der Waals surface area contributed by atoms with E-state index in [0.717, 1.165) is 18.8 Å². The van der Waals surface area contributed by atoms with Crippen LogP contribution in [-0.4, -0.2) is 78.4 Å². The summed E-state index contributed by atoms with van der Waals surface area (Å²) in [7, 11) is 0. The fraction of sp³-hybridized carbons (Fsp3) is 0.276. The molecule has 2 aliphatic heterocycles. The number of piperazine rings is 1. The zero-order valence-electron chi connectivity index (χ0n) is 21.8. The van der Waals surface area contributed by atoms with Gasteiger partial charge in [0.15, 0.2) is 5.09 Å². The van der Waals surface area contributed by atoms with Crippen molar-refractivity contribution < 1.29 is 23.1 Å². The van der Waals surface area contributed by atoms with Gasteiger partial charge in [-0.15, -0.1) is 0 Å². The van der Waals surface area contributed by atoms with E-state index in [2.05, 4.69) is 15.1 Å². The van der Waals surface area contributed by atoms with E-state index in [1.165, 1.54) is 23.9 Å². The average Bonchev–Trinajstić information content (AvgIpc) is 3.44. The van der Waals surface area contributed by atoms with Gasteiger partial charge in [0.25, 0.3) is 11.8 Å². The molecule has 2 saturated heterocycles. The summed E-state index contributed by atoms with van der Waals surface area (Å²) in [4.78, 5) is 32.5. The summed E-state index contributed by atoms with van der Waals surface area (Å²) in [5.41, 5.74) is 1.46. The predicted octanol–water partition coefficient (Wildman–Crippen LogP) is 4.25. The van der Waals surface area contributed by atoms with Crippen LogP contribution in [0.5, 0.6) is 0 Å². The van der Waals surface area contributed by atoms with Gasteiger partial charge in [-0.05, 0) is 60.3 Å². The largest absolute Gasteiger partial charge is 0.450 e. The molecule has 2 fully saturated rings. The molecule has 3 heterocycles. The molecule has 5 rings (SSSR count). The highest BCUT2D eigenvalue weighted by Gasteiger charge is 2.26. The van der Waals surface area contributed by atoms with Gasteiger partial charge in [0.05, 0.1) is 13.2 Å². The number of ether oxygens (including phenoxy) is 1. The highest BCUT2D eigenvalue weighted by Crippen LogP contribution is 2.26. The lowest BCUT2D eigenvalue weighted by atomic mass is 10.2. The van der Waals surface area contributed by atoms with Crippen LogP contribution in [0.4, 0.5) is 10.1 Å². The molecule has 1 N–H and O–H groups in total. The van der Waals surface area contributed by atoms with Crippen LogP contribution in [0, 0.1) is 5.82 Å². The van der Waals surface area contributed by atoms with Crippen molar-refractivity contribution in [3.63, 3.8) is 0 Å². The number of furan rings is 1. The zero-order chi connectivity index (χ0) is 27.9. The maximum atomic E-state index is 13.6. The fourth-order valence-electron chi connectivity index (χ4n) is 4.43. The zero-order valence-corrected chi connectivity index (χ0v) is 23.4. The van der Waals surface area contributed by atoms with Gasteiger partial charge in [-0.3, -0.25) is 9.59 Å². The summed E-state index contributed by atoms with van der Waals surface area (Å²) in [5.74, 6) is -0.560.